The molecule has 0 saturated heterocycles. The van der Waals surface area contributed by atoms with E-state index in [4.69, 9.17) is 18.9 Å². The molecule has 0 amide bonds. The Balaban J connectivity index is 2.82. The maximum Gasteiger partial charge on any atom is 0.191 e. The van der Waals surface area contributed by atoms with Crippen molar-refractivity contribution in [3.05, 3.63) is 17.7 Å². The van der Waals surface area contributed by atoms with Gasteiger partial charge in [-0.3, -0.25) is 4.99 Å². The third-order valence-electron chi connectivity index (χ3n) is 4.00. The highest BCUT2D eigenvalue weighted by atomic mass is 16.5. The van der Waals surface area contributed by atoms with E-state index >= 15 is 0 Å². The Labute approximate surface area is 157 Å². The van der Waals surface area contributed by atoms with Gasteiger partial charge in [-0.25, -0.2) is 0 Å². The summed E-state index contributed by atoms with van der Waals surface area (Å²) in [4.78, 5) is 4.59. The summed E-state index contributed by atoms with van der Waals surface area (Å²) in [6, 6.07) is 3.72. The van der Waals surface area contributed by atoms with Gasteiger partial charge in [-0.15, -0.1) is 0 Å². The van der Waals surface area contributed by atoms with Crippen LogP contribution in [-0.4, -0.2) is 59.6 Å². The number of aliphatic imine (C=N–C) groups is 1. The first-order valence-electron chi connectivity index (χ1n) is 8.77. The van der Waals surface area contributed by atoms with E-state index in [1.165, 1.54) is 0 Å². The van der Waals surface area contributed by atoms with Gasteiger partial charge in [0.05, 0.1) is 33.5 Å². The van der Waals surface area contributed by atoms with Gasteiger partial charge in [0, 0.05) is 37.9 Å². The molecule has 1 aromatic rings. The fraction of sp³-hybridized carbons (Fsp3) is 0.632. The Morgan fingerprint density at radius 3 is 2.08 bits per heavy atom. The molecule has 0 radical (unpaired) electrons. The lowest BCUT2D eigenvalue weighted by Crippen LogP contribution is -2.40. The molecular weight excluding hydrogens is 334 g/mol. The lowest BCUT2D eigenvalue weighted by atomic mass is 10.1. The normalized spacial score (nSPS) is 11.9. The van der Waals surface area contributed by atoms with Gasteiger partial charge in [0.15, 0.2) is 5.96 Å². The van der Waals surface area contributed by atoms with Crippen LogP contribution in [0.5, 0.6) is 17.2 Å². The van der Waals surface area contributed by atoms with Crippen LogP contribution in [0.4, 0.5) is 0 Å². The molecule has 1 rings (SSSR count). The largest absolute Gasteiger partial charge is 0.496 e. The van der Waals surface area contributed by atoms with Gasteiger partial charge in [-0.2, -0.15) is 0 Å². The molecule has 148 valence electrons. The number of rotatable bonds is 10. The topological polar surface area (TPSA) is 73.3 Å². The van der Waals surface area contributed by atoms with Crippen LogP contribution < -0.4 is 24.8 Å². The molecule has 7 nitrogen and oxygen atoms in total. The number of methoxy groups -OCH3 is 4. The monoisotopic (exact) mass is 367 g/mol. The Kier molecular flexibility index (Phi) is 9.05. The Morgan fingerprint density at radius 2 is 1.62 bits per heavy atom. The van der Waals surface area contributed by atoms with Gasteiger partial charge in [0.2, 0.25) is 0 Å². The molecule has 1 aromatic carbocycles. The number of benzene rings is 1. The number of hydrogen-bond acceptors (Lipinski definition) is 5. The Morgan fingerprint density at radius 1 is 1.00 bits per heavy atom. The zero-order valence-corrected chi connectivity index (χ0v) is 17.1. The van der Waals surface area contributed by atoms with Gasteiger partial charge >= 0.3 is 0 Å². The highest BCUT2D eigenvalue weighted by Gasteiger charge is 2.16. The molecule has 0 aliphatic rings. The number of ether oxygens (including phenoxy) is 4. The average molecular weight is 367 g/mol. The summed E-state index contributed by atoms with van der Waals surface area (Å²) in [5.74, 6) is 2.94. The molecule has 0 aromatic heterocycles. The minimum absolute atomic E-state index is 0.301. The molecule has 0 fully saturated rings. The number of hydrogen-bond donors (Lipinski definition) is 2. The van der Waals surface area contributed by atoms with Crippen LogP contribution in [0.2, 0.25) is 0 Å². The van der Waals surface area contributed by atoms with Crippen LogP contribution in [0.3, 0.4) is 0 Å². The first-order chi connectivity index (χ1) is 12.4. The van der Waals surface area contributed by atoms with Gasteiger partial charge in [-0.05, 0) is 27.2 Å². The summed E-state index contributed by atoms with van der Waals surface area (Å²) >= 11 is 0. The van der Waals surface area contributed by atoms with Gasteiger partial charge in [0.25, 0.3) is 0 Å². The SMILES string of the molecule is CCNC(=NCC(C)(C)OC)NCCc1c(OC)cc(OC)cc1OC. The third-order valence-corrected chi connectivity index (χ3v) is 4.00. The minimum atomic E-state index is -0.301. The second kappa shape index (κ2) is 10.8. The molecule has 0 spiro atoms. The van der Waals surface area contributed by atoms with Gasteiger partial charge < -0.3 is 29.6 Å². The van der Waals surface area contributed by atoms with Crippen LogP contribution in [0.25, 0.3) is 0 Å². The van der Waals surface area contributed by atoms with Crippen LogP contribution in [0.1, 0.15) is 26.3 Å². The molecule has 0 heterocycles. The van der Waals surface area contributed by atoms with Crippen LogP contribution >= 0.6 is 0 Å². The number of nitrogens with one attached hydrogen (secondary N) is 2. The maximum absolute atomic E-state index is 5.49. The highest BCUT2D eigenvalue weighted by Crippen LogP contribution is 2.34. The van der Waals surface area contributed by atoms with Crippen LogP contribution in [0, 0.1) is 0 Å². The van der Waals surface area contributed by atoms with E-state index < -0.39 is 0 Å². The van der Waals surface area contributed by atoms with E-state index in [2.05, 4.69) is 15.6 Å². The molecule has 0 aliphatic heterocycles. The van der Waals surface area contributed by atoms with Crippen molar-refractivity contribution in [3.8, 4) is 17.2 Å². The van der Waals surface area contributed by atoms with Crippen molar-refractivity contribution in [1.29, 1.82) is 0 Å². The molecule has 0 aliphatic carbocycles. The van der Waals surface area contributed by atoms with E-state index in [0.717, 1.165) is 29.6 Å². The number of guanidine groups is 1. The van der Waals surface area contributed by atoms with Crippen molar-refractivity contribution in [2.45, 2.75) is 32.8 Å². The summed E-state index contributed by atoms with van der Waals surface area (Å²) in [7, 11) is 6.60. The molecule has 0 atom stereocenters. The summed E-state index contributed by atoms with van der Waals surface area (Å²) < 4.78 is 21.7. The molecular formula is C19H33N3O4. The van der Waals surface area contributed by atoms with Crippen LogP contribution in [0.15, 0.2) is 17.1 Å². The first kappa shape index (κ1) is 21.9. The van der Waals surface area contributed by atoms with E-state index in [-0.39, 0.29) is 5.60 Å². The predicted molar refractivity (Wildman–Crippen MR) is 105 cm³/mol. The molecule has 0 unspecified atom stereocenters. The van der Waals surface area contributed by atoms with Gasteiger partial charge in [0.1, 0.15) is 17.2 Å². The summed E-state index contributed by atoms with van der Waals surface area (Å²) in [5.41, 5.74) is 0.682. The standard InChI is InChI=1S/C19H33N3O4/c1-8-20-18(22-13-19(2,3)26-7)21-10-9-15-16(24-5)11-14(23-4)12-17(15)25-6/h11-12H,8-10,13H2,1-7H3,(H2,20,21,22). The van der Waals surface area contributed by atoms with Gasteiger partial charge in [-0.1, -0.05) is 0 Å². The second-order valence-corrected chi connectivity index (χ2v) is 6.35. The fourth-order valence-corrected chi connectivity index (χ4v) is 2.31. The summed E-state index contributed by atoms with van der Waals surface area (Å²) in [6.45, 7) is 8.08. The minimum Gasteiger partial charge on any atom is -0.496 e. The van der Waals surface area contributed by atoms with E-state index in [0.29, 0.717) is 25.3 Å². The molecule has 7 heteroatoms. The molecule has 26 heavy (non-hydrogen) atoms. The number of nitrogens with zero attached hydrogens (tertiary/aromatic N) is 1. The van der Waals surface area contributed by atoms with E-state index in [9.17, 15) is 0 Å². The Bertz CT molecular complexity index is 563. The lowest BCUT2D eigenvalue weighted by molar-refractivity contribution is 0.0310. The Hall–Kier alpha value is -2.15. The average Bonchev–Trinajstić information content (AvgIpc) is 2.65. The zero-order valence-electron chi connectivity index (χ0n) is 17.1. The zero-order chi connectivity index (χ0) is 19.6. The van der Waals surface area contributed by atoms with E-state index in [1.807, 2.05) is 32.9 Å². The summed E-state index contributed by atoms with van der Waals surface area (Å²) in [5, 5.41) is 6.58. The second-order valence-electron chi connectivity index (χ2n) is 6.35. The van der Waals surface area contributed by atoms with Crippen molar-refractivity contribution in [2.75, 3.05) is 48.1 Å². The van der Waals surface area contributed by atoms with E-state index in [1.54, 1.807) is 28.4 Å². The van der Waals surface area contributed by atoms with Crippen molar-refractivity contribution in [1.82, 2.24) is 10.6 Å². The molecule has 2 N–H and O–H groups in total. The van der Waals surface area contributed by atoms with Crippen LogP contribution in [-0.2, 0) is 11.2 Å². The maximum atomic E-state index is 5.49. The fourth-order valence-electron chi connectivity index (χ4n) is 2.31. The predicted octanol–water partition coefficient (Wildman–Crippen LogP) is 2.24. The third kappa shape index (κ3) is 6.63. The highest BCUT2D eigenvalue weighted by molar-refractivity contribution is 5.79. The summed E-state index contributed by atoms with van der Waals surface area (Å²) in [6.07, 6.45) is 0.717. The first-order valence-corrected chi connectivity index (χ1v) is 8.77. The van der Waals surface area contributed by atoms with Crippen molar-refractivity contribution in [2.24, 2.45) is 4.99 Å². The lowest BCUT2D eigenvalue weighted by Gasteiger charge is -2.21. The van der Waals surface area contributed by atoms with Crippen molar-refractivity contribution < 1.29 is 18.9 Å². The smallest absolute Gasteiger partial charge is 0.191 e. The van der Waals surface area contributed by atoms with Crippen molar-refractivity contribution >= 4 is 5.96 Å². The van der Waals surface area contributed by atoms with Crippen molar-refractivity contribution in [3.63, 3.8) is 0 Å². The quantitative estimate of drug-likeness (QED) is 0.488. The molecule has 0 bridgehead atoms. The molecule has 0 saturated carbocycles.